The summed E-state index contributed by atoms with van der Waals surface area (Å²) in [5, 5.41) is 2.93. The average molecular weight is 263 g/mol. The van der Waals surface area contributed by atoms with E-state index in [1.165, 1.54) is 19.3 Å². The average Bonchev–Trinajstić information content (AvgIpc) is 2.86. The van der Waals surface area contributed by atoms with Crippen LogP contribution in [0.15, 0.2) is 11.4 Å². The highest BCUT2D eigenvalue weighted by molar-refractivity contribution is 7.16. The number of anilines is 1. The molecule has 0 atom stereocenters. The second-order valence-corrected chi connectivity index (χ2v) is 5.63. The van der Waals surface area contributed by atoms with Crippen LogP contribution in [0, 0.1) is 0 Å². The third kappa shape index (κ3) is 2.47. The van der Waals surface area contributed by atoms with Gasteiger partial charge in [-0.25, -0.2) is 9.97 Å². The van der Waals surface area contributed by atoms with Crippen molar-refractivity contribution in [3.8, 4) is 0 Å². The molecule has 0 aromatic carbocycles. The van der Waals surface area contributed by atoms with Crippen molar-refractivity contribution in [2.45, 2.75) is 44.8 Å². The van der Waals surface area contributed by atoms with Crippen LogP contribution in [0.2, 0.25) is 0 Å². The minimum Gasteiger partial charge on any atom is -0.383 e. The van der Waals surface area contributed by atoms with E-state index in [1.807, 2.05) is 11.4 Å². The van der Waals surface area contributed by atoms with Gasteiger partial charge in [-0.05, 0) is 24.3 Å². The van der Waals surface area contributed by atoms with E-state index in [2.05, 4.69) is 9.97 Å². The monoisotopic (exact) mass is 263 g/mol. The van der Waals surface area contributed by atoms with Gasteiger partial charge in [0, 0.05) is 0 Å². The molecule has 2 aromatic heterocycles. The Hall–Kier alpha value is -1.20. The number of nitrogen functional groups attached to an aromatic ring is 1. The summed E-state index contributed by atoms with van der Waals surface area (Å²) >= 11 is 1.59. The Morgan fingerprint density at radius 1 is 1.28 bits per heavy atom. The van der Waals surface area contributed by atoms with Gasteiger partial charge in [0.1, 0.15) is 17.3 Å². The van der Waals surface area contributed by atoms with Crippen molar-refractivity contribution in [2.75, 3.05) is 5.73 Å². The summed E-state index contributed by atoms with van der Waals surface area (Å²) in [5.74, 6) is 1.26. The SMILES string of the molecule is Nc1nc(COC2CCCCC2)nc2sccc12. The zero-order chi connectivity index (χ0) is 12.4. The summed E-state index contributed by atoms with van der Waals surface area (Å²) in [6, 6.07) is 1.96. The molecule has 0 unspecified atom stereocenters. The molecule has 18 heavy (non-hydrogen) atoms. The van der Waals surface area contributed by atoms with E-state index < -0.39 is 0 Å². The van der Waals surface area contributed by atoms with Gasteiger partial charge in [-0.3, -0.25) is 0 Å². The van der Waals surface area contributed by atoms with E-state index in [9.17, 15) is 0 Å². The molecule has 1 fully saturated rings. The molecule has 1 aliphatic carbocycles. The zero-order valence-corrected chi connectivity index (χ0v) is 11.1. The highest BCUT2D eigenvalue weighted by Gasteiger charge is 2.15. The Balaban J connectivity index is 1.70. The van der Waals surface area contributed by atoms with Crippen molar-refractivity contribution in [3.05, 3.63) is 17.3 Å². The third-order valence-corrected chi connectivity index (χ3v) is 4.21. The van der Waals surface area contributed by atoms with Crippen LogP contribution >= 0.6 is 11.3 Å². The molecule has 5 heteroatoms. The van der Waals surface area contributed by atoms with E-state index >= 15 is 0 Å². The fourth-order valence-electron chi connectivity index (χ4n) is 2.41. The maximum atomic E-state index is 5.91. The van der Waals surface area contributed by atoms with Crippen LogP contribution in [0.3, 0.4) is 0 Å². The lowest BCUT2D eigenvalue weighted by Crippen LogP contribution is -2.17. The van der Waals surface area contributed by atoms with E-state index in [1.54, 1.807) is 11.3 Å². The molecule has 2 heterocycles. The molecule has 2 N–H and O–H groups in total. The molecule has 4 nitrogen and oxygen atoms in total. The fourth-order valence-corrected chi connectivity index (χ4v) is 3.20. The minimum atomic E-state index is 0.377. The summed E-state index contributed by atoms with van der Waals surface area (Å²) in [5.41, 5.74) is 5.91. The molecule has 0 bridgehead atoms. The molecule has 0 saturated heterocycles. The number of nitrogens with zero attached hydrogens (tertiary/aromatic N) is 2. The topological polar surface area (TPSA) is 61.0 Å². The third-order valence-electron chi connectivity index (χ3n) is 3.40. The summed E-state index contributed by atoms with van der Waals surface area (Å²) < 4.78 is 5.87. The van der Waals surface area contributed by atoms with Gasteiger partial charge in [-0.15, -0.1) is 11.3 Å². The summed E-state index contributed by atoms with van der Waals surface area (Å²) in [6.45, 7) is 0.475. The summed E-state index contributed by atoms with van der Waals surface area (Å²) in [4.78, 5) is 9.74. The molecule has 0 aliphatic heterocycles. The molecule has 0 spiro atoms. The standard InChI is InChI=1S/C13H17N3OS/c14-12-10-6-7-18-13(10)16-11(15-12)8-17-9-4-2-1-3-5-9/h6-7,9H,1-5,8H2,(H2,14,15,16). The van der Waals surface area contributed by atoms with Crippen LogP contribution < -0.4 is 5.73 Å². The number of thiophene rings is 1. The van der Waals surface area contributed by atoms with Gasteiger partial charge in [-0.1, -0.05) is 19.3 Å². The number of hydrogen-bond donors (Lipinski definition) is 1. The second-order valence-electron chi connectivity index (χ2n) is 4.74. The molecular formula is C13H17N3OS. The Morgan fingerprint density at radius 2 is 2.11 bits per heavy atom. The predicted octanol–water partition coefficient (Wildman–Crippen LogP) is 3.12. The summed E-state index contributed by atoms with van der Waals surface area (Å²) in [7, 11) is 0. The molecule has 3 rings (SSSR count). The largest absolute Gasteiger partial charge is 0.383 e. The van der Waals surface area contributed by atoms with Crippen LogP contribution in [0.1, 0.15) is 37.9 Å². The molecule has 0 amide bonds. The highest BCUT2D eigenvalue weighted by atomic mass is 32.1. The molecule has 2 aromatic rings. The Labute approximate surface area is 110 Å². The first-order valence-corrected chi connectivity index (χ1v) is 7.32. The molecule has 96 valence electrons. The number of hydrogen-bond acceptors (Lipinski definition) is 5. The smallest absolute Gasteiger partial charge is 0.158 e. The number of fused-ring (bicyclic) bond motifs is 1. The molecule has 1 aliphatic rings. The summed E-state index contributed by atoms with van der Waals surface area (Å²) in [6.07, 6.45) is 6.59. The van der Waals surface area contributed by atoms with Gasteiger partial charge in [0.2, 0.25) is 0 Å². The number of ether oxygens (including phenoxy) is 1. The van der Waals surface area contributed by atoms with Gasteiger partial charge in [-0.2, -0.15) is 0 Å². The zero-order valence-electron chi connectivity index (χ0n) is 10.3. The fraction of sp³-hybridized carbons (Fsp3) is 0.538. The van der Waals surface area contributed by atoms with Crippen molar-refractivity contribution >= 4 is 27.4 Å². The minimum absolute atomic E-state index is 0.377. The van der Waals surface area contributed by atoms with Crippen LogP contribution in [-0.4, -0.2) is 16.1 Å². The van der Waals surface area contributed by atoms with E-state index in [0.717, 1.165) is 23.1 Å². The van der Waals surface area contributed by atoms with E-state index in [0.29, 0.717) is 24.4 Å². The Kier molecular flexibility index (Phi) is 3.43. The maximum Gasteiger partial charge on any atom is 0.158 e. The highest BCUT2D eigenvalue weighted by Crippen LogP contribution is 2.24. The van der Waals surface area contributed by atoms with Crippen LogP contribution in [0.5, 0.6) is 0 Å². The maximum absolute atomic E-state index is 5.91. The van der Waals surface area contributed by atoms with E-state index in [-0.39, 0.29) is 0 Å². The first kappa shape index (κ1) is 11.9. The van der Waals surface area contributed by atoms with Crippen molar-refractivity contribution in [1.29, 1.82) is 0 Å². The van der Waals surface area contributed by atoms with E-state index in [4.69, 9.17) is 10.5 Å². The van der Waals surface area contributed by atoms with Gasteiger partial charge >= 0.3 is 0 Å². The predicted molar refractivity (Wildman–Crippen MR) is 73.5 cm³/mol. The van der Waals surface area contributed by atoms with Crippen molar-refractivity contribution in [1.82, 2.24) is 9.97 Å². The quantitative estimate of drug-likeness (QED) is 0.924. The first-order valence-electron chi connectivity index (χ1n) is 6.44. The molecule has 0 radical (unpaired) electrons. The van der Waals surface area contributed by atoms with Crippen molar-refractivity contribution in [3.63, 3.8) is 0 Å². The number of nitrogens with two attached hydrogens (primary N) is 1. The Morgan fingerprint density at radius 3 is 2.94 bits per heavy atom. The lowest BCUT2D eigenvalue weighted by molar-refractivity contribution is 0.0137. The van der Waals surface area contributed by atoms with Crippen LogP contribution in [0.4, 0.5) is 5.82 Å². The van der Waals surface area contributed by atoms with Crippen molar-refractivity contribution in [2.24, 2.45) is 0 Å². The van der Waals surface area contributed by atoms with Gasteiger partial charge in [0.15, 0.2) is 5.82 Å². The normalized spacial score (nSPS) is 17.3. The van der Waals surface area contributed by atoms with Crippen LogP contribution in [-0.2, 0) is 11.3 Å². The molecule has 1 saturated carbocycles. The Bertz CT molecular complexity index is 534. The first-order chi connectivity index (χ1) is 8.83. The van der Waals surface area contributed by atoms with Crippen molar-refractivity contribution < 1.29 is 4.74 Å². The van der Waals surface area contributed by atoms with Gasteiger partial charge in [0.25, 0.3) is 0 Å². The lowest BCUT2D eigenvalue weighted by Gasteiger charge is -2.21. The lowest BCUT2D eigenvalue weighted by atomic mass is 9.98. The second kappa shape index (κ2) is 5.20. The van der Waals surface area contributed by atoms with Gasteiger partial charge < -0.3 is 10.5 Å². The van der Waals surface area contributed by atoms with Crippen LogP contribution in [0.25, 0.3) is 10.2 Å². The molecular weight excluding hydrogens is 246 g/mol. The van der Waals surface area contributed by atoms with Gasteiger partial charge in [0.05, 0.1) is 11.5 Å². The number of rotatable bonds is 3. The number of aromatic nitrogens is 2.